The Morgan fingerprint density at radius 3 is 3.14 bits per heavy atom. The highest BCUT2D eigenvalue weighted by Gasteiger charge is 2.32. The van der Waals surface area contributed by atoms with Crippen LogP contribution >= 0.6 is 0 Å². The van der Waals surface area contributed by atoms with Gasteiger partial charge in [0, 0.05) is 25.7 Å². The first-order valence-corrected chi connectivity index (χ1v) is 5.49. The fourth-order valence-corrected chi connectivity index (χ4v) is 2.10. The monoisotopic (exact) mass is 202 g/mol. The predicted molar refractivity (Wildman–Crippen MR) is 53.2 cm³/mol. The van der Waals surface area contributed by atoms with Crippen molar-refractivity contribution in [1.82, 2.24) is 10.6 Å². The standard InChI is InChI=1S/C10H19FN2O/c11-10(3-1-4-12-7-10)8-13-9-2-5-14-6-9/h9,12-13H,1-8H2. The lowest BCUT2D eigenvalue weighted by Crippen LogP contribution is -2.50. The number of nitrogens with one attached hydrogen (secondary N) is 2. The summed E-state index contributed by atoms with van der Waals surface area (Å²) < 4.78 is 19.3. The third-order valence-corrected chi connectivity index (χ3v) is 3.06. The van der Waals surface area contributed by atoms with Crippen molar-refractivity contribution in [3.8, 4) is 0 Å². The van der Waals surface area contributed by atoms with Crippen LogP contribution in [0, 0.1) is 0 Å². The van der Waals surface area contributed by atoms with Gasteiger partial charge in [-0.15, -0.1) is 0 Å². The van der Waals surface area contributed by atoms with Gasteiger partial charge in [0.05, 0.1) is 6.61 Å². The molecule has 0 bridgehead atoms. The van der Waals surface area contributed by atoms with Crippen LogP contribution in [0.3, 0.4) is 0 Å². The quantitative estimate of drug-likeness (QED) is 0.697. The summed E-state index contributed by atoms with van der Waals surface area (Å²) in [5.41, 5.74) is -1.04. The molecule has 3 nitrogen and oxygen atoms in total. The maximum Gasteiger partial charge on any atom is 0.135 e. The van der Waals surface area contributed by atoms with Gasteiger partial charge in [0.15, 0.2) is 0 Å². The van der Waals surface area contributed by atoms with Crippen molar-refractivity contribution in [3.63, 3.8) is 0 Å². The van der Waals surface area contributed by atoms with Crippen molar-refractivity contribution in [2.45, 2.75) is 31.0 Å². The molecule has 2 saturated heterocycles. The zero-order chi connectivity index (χ0) is 9.86. The molecule has 2 fully saturated rings. The highest BCUT2D eigenvalue weighted by atomic mass is 19.1. The Kier molecular flexibility index (Phi) is 3.36. The van der Waals surface area contributed by atoms with Crippen molar-refractivity contribution < 1.29 is 9.13 Å². The van der Waals surface area contributed by atoms with Gasteiger partial charge in [0.25, 0.3) is 0 Å². The Morgan fingerprint density at radius 1 is 1.57 bits per heavy atom. The van der Waals surface area contributed by atoms with Crippen LogP contribution in [-0.4, -0.2) is 44.6 Å². The lowest BCUT2D eigenvalue weighted by Gasteiger charge is -2.31. The summed E-state index contributed by atoms with van der Waals surface area (Å²) in [5.74, 6) is 0. The summed E-state index contributed by atoms with van der Waals surface area (Å²) >= 11 is 0. The molecule has 2 aliphatic rings. The van der Waals surface area contributed by atoms with Crippen LogP contribution in [0.5, 0.6) is 0 Å². The third kappa shape index (κ3) is 2.65. The van der Waals surface area contributed by atoms with E-state index in [4.69, 9.17) is 4.74 Å². The first kappa shape index (κ1) is 10.3. The van der Waals surface area contributed by atoms with Crippen molar-refractivity contribution in [2.24, 2.45) is 0 Å². The summed E-state index contributed by atoms with van der Waals surface area (Å²) in [6.45, 7) is 3.47. The Hall–Kier alpha value is -0.190. The molecule has 2 aliphatic heterocycles. The molecular weight excluding hydrogens is 183 g/mol. The highest BCUT2D eigenvalue weighted by Crippen LogP contribution is 2.20. The topological polar surface area (TPSA) is 33.3 Å². The smallest absolute Gasteiger partial charge is 0.135 e. The van der Waals surface area contributed by atoms with Gasteiger partial charge in [-0.2, -0.15) is 0 Å². The second-order valence-corrected chi connectivity index (χ2v) is 4.37. The molecular formula is C10H19FN2O. The second kappa shape index (κ2) is 4.55. The van der Waals surface area contributed by atoms with E-state index in [1.807, 2.05) is 0 Å². The van der Waals surface area contributed by atoms with E-state index < -0.39 is 5.67 Å². The van der Waals surface area contributed by atoms with Gasteiger partial charge in [-0.1, -0.05) is 0 Å². The molecule has 2 N–H and O–H groups in total. The van der Waals surface area contributed by atoms with Crippen LogP contribution in [0.15, 0.2) is 0 Å². The number of ether oxygens (including phenoxy) is 1. The molecule has 2 unspecified atom stereocenters. The number of rotatable bonds is 3. The molecule has 0 saturated carbocycles. The van der Waals surface area contributed by atoms with E-state index in [1.165, 1.54) is 0 Å². The van der Waals surface area contributed by atoms with E-state index in [2.05, 4.69) is 10.6 Å². The van der Waals surface area contributed by atoms with Crippen LogP contribution in [0.1, 0.15) is 19.3 Å². The summed E-state index contributed by atoms with van der Waals surface area (Å²) in [4.78, 5) is 0. The average molecular weight is 202 g/mol. The maximum atomic E-state index is 14.1. The Labute approximate surface area is 84.4 Å². The molecule has 2 rings (SSSR count). The predicted octanol–water partition coefficient (Wildman–Crippen LogP) is 0.457. The fraction of sp³-hybridized carbons (Fsp3) is 1.00. The Bertz CT molecular complexity index is 177. The van der Waals surface area contributed by atoms with Crippen LogP contribution in [0.4, 0.5) is 4.39 Å². The number of alkyl halides is 1. The van der Waals surface area contributed by atoms with Gasteiger partial charge in [-0.05, 0) is 25.8 Å². The molecule has 0 aromatic heterocycles. The van der Waals surface area contributed by atoms with Gasteiger partial charge in [-0.3, -0.25) is 0 Å². The zero-order valence-electron chi connectivity index (χ0n) is 8.52. The van der Waals surface area contributed by atoms with E-state index in [9.17, 15) is 4.39 Å². The number of halogens is 1. The lowest BCUT2D eigenvalue weighted by atomic mass is 9.96. The summed E-state index contributed by atoms with van der Waals surface area (Å²) in [6, 6.07) is 0.365. The molecule has 2 heterocycles. The van der Waals surface area contributed by atoms with Gasteiger partial charge in [-0.25, -0.2) is 4.39 Å². The molecule has 0 aromatic carbocycles. The van der Waals surface area contributed by atoms with E-state index in [-0.39, 0.29) is 0 Å². The fourth-order valence-electron chi connectivity index (χ4n) is 2.10. The van der Waals surface area contributed by atoms with Crippen molar-refractivity contribution >= 4 is 0 Å². The zero-order valence-corrected chi connectivity index (χ0v) is 8.52. The molecule has 0 radical (unpaired) electrons. The van der Waals surface area contributed by atoms with E-state index in [1.54, 1.807) is 0 Å². The van der Waals surface area contributed by atoms with E-state index in [0.29, 0.717) is 25.6 Å². The molecule has 4 heteroatoms. The molecule has 0 spiro atoms. The molecule has 0 amide bonds. The van der Waals surface area contributed by atoms with Crippen LogP contribution in [0.2, 0.25) is 0 Å². The maximum absolute atomic E-state index is 14.1. The van der Waals surface area contributed by atoms with E-state index in [0.717, 1.165) is 32.6 Å². The van der Waals surface area contributed by atoms with Gasteiger partial charge < -0.3 is 15.4 Å². The molecule has 0 aromatic rings. The van der Waals surface area contributed by atoms with Crippen LogP contribution in [0.25, 0.3) is 0 Å². The van der Waals surface area contributed by atoms with Crippen molar-refractivity contribution in [2.75, 3.05) is 32.8 Å². The molecule has 14 heavy (non-hydrogen) atoms. The lowest BCUT2D eigenvalue weighted by molar-refractivity contribution is 0.113. The van der Waals surface area contributed by atoms with Crippen LogP contribution < -0.4 is 10.6 Å². The third-order valence-electron chi connectivity index (χ3n) is 3.06. The Balaban J connectivity index is 1.72. The van der Waals surface area contributed by atoms with E-state index >= 15 is 0 Å². The number of hydrogen-bond acceptors (Lipinski definition) is 3. The van der Waals surface area contributed by atoms with Crippen LogP contribution in [-0.2, 0) is 4.74 Å². The average Bonchev–Trinajstić information content (AvgIpc) is 2.69. The van der Waals surface area contributed by atoms with Gasteiger partial charge in [0.2, 0.25) is 0 Å². The van der Waals surface area contributed by atoms with Gasteiger partial charge >= 0.3 is 0 Å². The SMILES string of the molecule is FC1(CNC2CCOC2)CCCNC1. The molecule has 0 aliphatic carbocycles. The van der Waals surface area contributed by atoms with Gasteiger partial charge in [0.1, 0.15) is 5.67 Å². The molecule has 2 atom stereocenters. The largest absolute Gasteiger partial charge is 0.380 e. The normalized spacial score (nSPS) is 38.8. The Morgan fingerprint density at radius 2 is 2.50 bits per heavy atom. The second-order valence-electron chi connectivity index (χ2n) is 4.37. The minimum absolute atomic E-state index is 0.365. The minimum Gasteiger partial charge on any atom is -0.380 e. The minimum atomic E-state index is -1.04. The van der Waals surface area contributed by atoms with Crippen molar-refractivity contribution in [3.05, 3.63) is 0 Å². The summed E-state index contributed by atoms with van der Waals surface area (Å²) in [6.07, 6.45) is 2.64. The first-order valence-electron chi connectivity index (χ1n) is 5.49. The summed E-state index contributed by atoms with van der Waals surface area (Å²) in [7, 11) is 0. The summed E-state index contributed by atoms with van der Waals surface area (Å²) in [5, 5.41) is 6.36. The highest BCUT2D eigenvalue weighted by molar-refractivity contribution is 4.89. The number of hydrogen-bond donors (Lipinski definition) is 2. The molecule has 82 valence electrons. The van der Waals surface area contributed by atoms with Crippen molar-refractivity contribution in [1.29, 1.82) is 0 Å². The number of piperidine rings is 1. The first-order chi connectivity index (χ1) is 6.79.